The van der Waals surface area contributed by atoms with Gasteiger partial charge in [0.1, 0.15) is 6.61 Å². The smallest absolute Gasteiger partial charge is 0.410 e. The molecule has 0 aromatic carbocycles. The van der Waals surface area contributed by atoms with Gasteiger partial charge in [0.25, 0.3) is 0 Å². The van der Waals surface area contributed by atoms with Crippen LogP contribution in [0.4, 0.5) is 4.79 Å². The molecule has 24 heavy (non-hydrogen) atoms. The fourth-order valence-electron chi connectivity index (χ4n) is 2.82. The Bertz CT molecular complexity index is 538. The maximum Gasteiger partial charge on any atom is 0.410 e. The van der Waals surface area contributed by atoms with Gasteiger partial charge in [-0.1, -0.05) is 20.8 Å². The summed E-state index contributed by atoms with van der Waals surface area (Å²) in [5.74, 6) is 0.223. The quantitative estimate of drug-likeness (QED) is 0.572. The molecule has 2 aliphatic rings. The van der Waals surface area contributed by atoms with E-state index in [-0.39, 0.29) is 29.1 Å². The average molecular weight is 356 g/mol. The third-order valence-electron chi connectivity index (χ3n) is 5.32. The van der Waals surface area contributed by atoms with Gasteiger partial charge in [-0.25, -0.2) is 4.79 Å². The van der Waals surface area contributed by atoms with E-state index in [4.69, 9.17) is 13.9 Å². The normalized spacial score (nSPS) is 25.2. The lowest BCUT2D eigenvalue weighted by Gasteiger charge is -2.40. The van der Waals surface area contributed by atoms with E-state index in [0.717, 1.165) is 5.76 Å². The predicted octanol–water partition coefficient (Wildman–Crippen LogP) is 3.30. The van der Waals surface area contributed by atoms with Crippen molar-refractivity contribution >= 4 is 20.4 Å². The van der Waals surface area contributed by atoms with Crippen molar-refractivity contribution in [1.82, 2.24) is 4.90 Å². The van der Waals surface area contributed by atoms with Crippen LogP contribution in [0.3, 0.4) is 0 Å². The van der Waals surface area contributed by atoms with Gasteiger partial charge >= 0.3 is 12.1 Å². The zero-order valence-corrected chi connectivity index (χ0v) is 16.5. The number of ether oxygens (including phenoxy) is 2. The van der Waals surface area contributed by atoms with Crippen molar-refractivity contribution in [2.45, 2.75) is 57.8 Å². The third kappa shape index (κ3) is 3.76. The standard InChI is InChI=1S/C17H29NO5Si/c1-17(2,3)24(5,6)23-12-7-8-13(15(19)21-4)14(11-12)18-9-10-22-16(18)20/h11,13-14H,7-10H2,1-6H3/t13-,14-/m1/s1. The molecule has 0 radical (unpaired) electrons. The number of nitrogens with zero attached hydrogens (tertiary/aromatic N) is 1. The van der Waals surface area contributed by atoms with E-state index in [1.807, 2.05) is 6.08 Å². The molecule has 1 heterocycles. The third-order valence-corrected chi connectivity index (χ3v) is 9.70. The molecular weight excluding hydrogens is 326 g/mol. The van der Waals surface area contributed by atoms with Crippen molar-refractivity contribution in [3.05, 3.63) is 11.8 Å². The Kier molecular flexibility index (Phi) is 5.32. The molecule has 1 aliphatic heterocycles. The Morgan fingerprint density at radius 1 is 1.38 bits per heavy atom. The molecule has 2 atom stereocenters. The zero-order chi connectivity index (χ0) is 18.1. The van der Waals surface area contributed by atoms with Crippen molar-refractivity contribution in [3.63, 3.8) is 0 Å². The van der Waals surface area contributed by atoms with Gasteiger partial charge in [-0.05, 0) is 30.6 Å². The number of carbonyl (C=O) groups is 2. The minimum absolute atomic E-state index is 0.0924. The molecule has 6 nitrogen and oxygen atoms in total. The molecule has 0 spiro atoms. The number of amides is 1. The van der Waals surface area contributed by atoms with Gasteiger partial charge in [-0.2, -0.15) is 0 Å². The second kappa shape index (κ2) is 6.78. The highest BCUT2D eigenvalue weighted by molar-refractivity contribution is 6.74. The molecule has 0 bridgehead atoms. The lowest BCUT2D eigenvalue weighted by atomic mass is 9.87. The molecule has 1 amide bonds. The monoisotopic (exact) mass is 355 g/mol. The Labute approximate surface area is 145 Å². The van der Waals surface area contributed by atoms with Crippen LogP contribution in [0, 0.1) is 5.92 Å². The Morgan fingerprint density at radius 2 is 2.04 bits per heavy atom. The lowest BCUT2D eigenvalue weighted by Crippen LogP contribution is -2.46. The van der Waals surface area contributed by atoms with Crippen LogP contribution in [0.1, 0.15) is 33.6 Å². The molecule has 0 aromatic rings. The van der Waals surface area contributed by atoms with Crippen molar-refractivity contribution in [2.75, 3.05) is 20.3 Å². The van der Waals surface area contributed by atoms with Crippen LogP contribution < -0.4 is 0 Å². The van der Waals surface area contributed by atoms with Gasteiger partial charge < -0.3 is 13.9 Å². The first kappa shape index (κ1) is 18.8. The largest absolute Gasteiger partial charge is 0.547 e. The Balaban J connectivity index is 2.26. The Hall–Kier alpha value is -1.50. The minimum Gasteiger partial charge on any atom is -0.547 e. The van der Waals surface area contributed by atoms with Crippen molar-refractivity contribution in [3.8, 4) is 0 Å². The summed E-state index contributed by atoms with van der Waals surface area (Å²) >= 11 is 0. The molecular formula is C17H29NO5Si. The van der Waals surface area contributed by atoms with Gasteiger partial charge in [0.2, 0.25) is 8.32 Å². The maximum absolute atomic E-state index is 12.1. The molecule has 0 N–H and O–H groups in total. The predicted molar refractivity (Wildman–Crippen MR) is 92.9 cm³/mol. The zero-order valence-electron chi connectivity index (χ0n) is 15.5. The van der Waals surface area contributed by atoms with Crippen LogP contribution in [0.25, 0.3) is 0 Å². The van der Waals surface area contributed by atoms with E-state index in [1.54, 1.807) is 4.90 Å². The highest BCUT2D eigenvalue weighted by atomic mass is 28.4. The summed E-state index contributed by atoms with van der Waals surface area (Å²) in [6, 6.07) is -0.360. The highest BCUT2D eigenvalue weighted by Gasteiger charge is 2.43. The van der Waals surface area contributed by atoms with Crippen molar-refractivity contribution in [2.24, 2.45) is 5.92 Å². The van der Waals surface area contributed by atoms with Crippen LogP contribution in [-0.4, -0.2) is 51.6 Å². The van der Waals surface area contributed by atoms with E-state index in [2.05, 4.69) is 33.9 Å². The van der Waals surface area contributed by atoms with Gasteiger partial charge in [0.15, 0.2) is 0 Å². The molecule has 1 saturated heterocycles. The molecule has 0 saturated carbocycles. The van der Waals surface area contributed by atoms with Gasteiger partial charge in [-0.3, -0.25) is 9.69 Å². The van der Waals surface area contributed by atoms with Crippen molar-refractivity contribution in [1.29, 1.82) is 0 Å². The highest BCUT2D eigenvalue weighted by Crippen LogP contribution is 2.40. The topological polar surface area (TPSA) is 65.1 Å². The van der Waals surface area contributed by atoms with E-state index in [9.17, 15) is 9.59 Å². The summed E-state index contributed by atoms with van der Waals surface area (Å²) in [5, 5.41) is 0.0924. The molecule has 0 unspecified atom stereocenters. The number of allylic oxidation sites excluding steroid dienone is 1. The van der Waals surface area contributed by atoms with Crippen LogP contribution in [0.2, 0.25) is 18.1 Å². The van der Waals surface area contributed by atoms with E-state index < -0.39 is 8.32 Å². The summed E-state index contributed by atoms with van der Waals surface area (Å²) in [7, 11) is -0.573. The first-order chi connectivity index (χ1) is 11.1. The van der Waals surface area contributed by atoms with Crippen LogP contribution in [-0.2, 0) is 18.7 Å². The number of hydrogen-bond acceptors (Lipinski definition) is 5. The molecule has 1 aliphatic carbocycles. The second-order valence-electron chi connectivity index (χ2n) is 7.96. The van der Waals surface area contributed by atoms with Gasteiger partial charge in [0.05, 0.1) is 31.4 Å². The van der Waals surface area contributed by atoms with Crippen LogP contribution >= 0.6 is 0 Å². The molecule has 1 fully saturated rings. The number of cyclic esters (lactones) is 1. The first-order valence-electron chi connectivity index (χ1n) is 8.48. The summed E-state index contributed by atoms with van der Waals surface area (Å²) in [6.07, 6.45) is 2.85. The van der Waals surface area contributed by atoms with Crippen LogP contribution in [0.5, 0.6) is 0 Å². The minimum atomic E-state index is -1.96. The lowest BCUT2D eigenvalue weighted by molar-refractivity contribution is -0.147. The number of esters is 1. The van der Waals surface area contributed by atoms with Crippen molar-refractivity contribution < 1.29 is 23.5 Å². The van der Waals surface area contributed by atoms with E-state index in [1.165, 1.54) is 7.11 Å². The van der Waals surface area contributed by atoms with Gasteiger partial charge in [0, 0.05) is 6.42 Å². The molecule has 2 rings (SSSR count). The van der Waals surface area contributed by atoms with Gasteiger partial charge in [-0.15, -0.1) is 0 Å². The van der Waals surface area contributed by atoms with Crippen LogP contribution in [0.15, 0.2) is 11.8 Å². The fourth-order valence-corrected chi connectivity index (χ4v) is 3.95. The number of methoxy groups -OCH3 is 1. The summed E-state index contributed by atoms with van der Waals surface area (Å²) in [5.41, 5.74) is 0. The number of rotatable bonds is 4. The maximum atomic E-state index is 12.1. The number of hydrogen-bond donors (Lipinski definition) is 0. The molecule has 7 heteroatoms. The number of carbonyl (C=O) groups excluding carboxylic acids is 2. The summed E-state index contributed by atoms with van der Waals surface area (Å²) in [4.78, 5) is 25.7. The molecule has 0 aromatic heterocycles. The SMILES string of the molecule is COC(=O)[C@@H]1CCC(O[Si](C)(C)C(C)(C)C)=C[C@H]1N1CCOC1=O. The fraction of sp³-hybridized carbons (Fsp3) is 0.765. The first-order valence-corrected chi connectivity index (χ1v) is 11.4. The summed E-state index contributed by atoms with van der Waals surface area (Å²) in [6.45, 7) is 11.8. The summed E-state index contributed by atoms with van der Waals surface area (Å²) < 4.78 is 16.4. The molecule has 136 valence electrons. The van der Waals surface area contributed by atoms with E-state index >= 15 is 0 Å². The average Bonchev–Trinajstić information content (AvgIpc) is 2.91. The van der Waals surface area contributed by atoms with E-state index in [0.29, 0.717) is 26.0 Å². The Morgan fingerprint density at radius 3 is 2.54 bits per heavy atom. The second-order valence-corrected chi connectivity index (χ2v) is 12.7.